The molecule has 0 saturated heterocycles. The van der Waals surface area contributed by atoms with Gasteiger partial charge in [0.2, 0.25) is 5.88 Å². The average molecular weight is 387 g/mol. The summed E-state index contributed by atoms with van der Waals surface area (Å²) >= 11 is 5.94. The van der Waals surface area contributed by atoms with E-state index in [1.807, 2.05) is 0 Å². The maximum atomic E-state index is 12.5. The van der Waals surface area contributed by atoms with Gasteiger partial charge < -0.3 is 15.5 Å². The Bertz CT molecular complexity index is 975. The van der Waals surface area contributed by atoms with Gasteiger partial charge in [0.15, 0.2) is 5.69 Å². The monoisotopic (exact) mass is 386 g/mol. The van der Waals surface area contributed by atoms with Gasteiger partial charge in [0.05, 0.1) is 18.2 Å². The van der Waals surface area contributed by atoms with Gasteiger partial charge in [0, 0.05) is 23.5 Å². The SMILES string of the molecule is O=C(O)C[C@H](NC(=O)c1cc(O)n(-c2cccc(Cl)c2)n1)c1cccnc1. The van der Waals surface area contributed by atoms with Crippen LogP contribution in [0.5, 0.6) is 5.88 Å². The van der Waals surface area contributed by atoms with Gasteiger partial charge in [-0.2, -0.15) is 5.10 Å². The van der Waals surface area contributed by atoms with E-state index < -0.39 is 17.9 Å². The van der Waals surface area contributed by atoms with Crippen molar-refractivity contribution in [1.29, 1.82) is 0 Å². The fourth-order valence-electron chi connectivity index (χ4n) is 2.52. The van der Waals surface area contributed by atoms with E-state index in [1.54, 1.807) is 42.6 Å². The summed E-state index contributed by atoms with van der Waals surface area (Å²) in [6, 6.07) is 10.3. The predicted octanol–water partition coefficient (Wildman–Crippen LogP) is 2.57. The van der Waals surface area contributed by atoms with Crippen molar-refractivity contribution in [2.75, 3.05) is 0 Å². The highest BCUT2D eigenvalue weighted by atomic mass is 35.5. The summed E-state index contributed by atoms with van der Waals surface area (Å²) in [6.45, 7) is 0. The molecule has 138 valence electrons. The highest BCUT2D eigenvalue weighted by Crippen LogP contribution is 2.22. The molecular formula is C18H15ClN4O4. The number of hydrogen-bond acceptors (Lipinski definition) is 5. The number of rotatable bonds is 6. The number of aromatic nitrogens is 3. The average Bonchev–Trinajstić information content (AvgIpc) is 3.03. The number of pyridine rings is 1. The molecule has 1 aromatic carbocycles. The van der Waals surface area contributed by atoms with Crippen LogP contribution in [0.2, 0.25) is 5.02 Å². The summed E-state index contributed by atoms with van der Waals surface area (Å²) in [4.78, 5) is 27.6. The fraction of sp³-hybridized carbons (Fsp3) is 0.111. The number of carboxylic acid groups (broad SMARTS) is 1. The number of aliphatic carboxylic acids is 1. The van der Waals surface area contributed by atoms with Crippen LogP contribution in [0.25, 0.3) is 5.69 Å². The number of amides is 1. The predicted molar refractivity (Wildman–Crippen MR) is 96.9 cm³/mol. The molecule has 3 rings (SSSR count). The van der Waals surface area contributed by atoms with Crippen LogP contribution in [0.1, 0.15) is 28.5 Å². The third kappa shape index (κ3) is 4.42. The van der Waals surface area contributed by atoms with E-state index in [4.69, 9.17) is 16.7 Å². The van der Waals surface area contributed by atoms with Crippen LogP contribution in [0.4, 0.5) is 0 Å². The molecule has 0 saturated carbocycles. The molecule has 0 spiro atoms. The minimum absolute atomic E-state index is 0.0632. The van der Waals surface area contributed by atoms with Gasteiger partial charge >= 0.3 is 5.97 Å². The van der Waals surface area contributed by atoms with Crippen LogP contribution in [-0.4, -0.2) is 36.9 Å². The van der Waals surface area contributed by atoms with Gasteiger partial charge in [-0.05, 0) is 29.8 Å². The molecule has 2 aromatic heterocycles. The first-order chi connectivity index (χ1) is 12.9. The molecule has 0 fully saturated rings. The van der Waals surface area contributed by atoms with Crippen LogP contribution < -0.4 is 5.32 Å². The Morgan fingerprint density at radius 1 is 1.22 bits per heavy atom. The van der Waals surface area contributed by atoms with Crippen molar-refractivity contribution in [3.63, 3.8) is 0 Å². The van der Waals surface area contributed by atoms with Crippen molar-refractivity contribution >= 4 is 23.5 Å². The van der Waals surface area contributed by atoms with Crippen molar-refractivity contribution in [3.8, 4) is 11.6 Å². The van der Waals surface area contributed by atoms with Crippen LogP contribution in [-0.2, 0) is 4.79 Å². The van der Waals surface area contributed by atoms with E-state index in [2.05, 4.69) is 15.4 Å². The maximum absolute atomic E-state index is 12.5. The Labute approximate surface area is 159 Å². The summed E-state index contributed by atoms with van der Waals surface area (Å²) in [6.07, 6.45) is 2.71. The van der Waals surface area contributed by atoms with Crippen LogP contribution >= 0.6 is 11.6 Å². The molecule has 8 nitrogen and oxygen atoms in total. The molecule has 0 radical (unpaired) electrons. The second-order valence-corrected chi connectivity index (χ2v) is 6.13. The normalized spacial score (nSPS) is 11.7. The third-order valence-electron chi connectivity index (χ3n) is 3.75. The van der Waals surface area contributed by atoms with Gasteiger partial charge in [0.25, 0.3) is 5.91 Å². The Balaban J connectivity index is 1.84. The highest BCUT2D eigenvalue weighted by Gasteiger charge is 2.22. The third-order valence-corrected chi connectivity index (χ3v) is 3.98. The van der Waals surface area contributed by atoms with Crippen LogP contribution in [0, 0.1) is 0 Å². The van der Waals surface area contributed by atoms with Crippen molar-refractivity contribution in [1.82, 2.24) is 20.1 Å². The quantitative estimate of drug-likeness (QED) is 0.599. The molecule has 0 aliphatic rings. The van der Waals surface area contributed by atoms with E-state index >= 15 is 0 Å². The zero-order valence-corrected chi connectivity index (χ0v) is 14.7. The Kier molecular flexibility index (Phi) is 5.37. The van der Waals surface area contributed by atoms with E-state index in [0.717, 1.165) is 4.68 Å². The lowest BCUT2D eigenvalue weighted by Crippen LogP contribution is -2.30. The first-order valence-corrected chi connectivity index (χ1v) is 8.29. The summed E-state index contributed by atoms with van der Waals surface area (Å²) in [5, 5.41) is 26.3. The number of nitrogens with one attached hydrogen (secondary N) is 1. The minimum atomic E-state index is -1.07. The van der Waals surface area contributed by atoms with Crippen molar-refractivity contribution in [3.05, 3.63) is 71.1 Å². The minimum Gasteiger partial charge on any atom is -0.493 e. The molecule has 0 unspecified atom stereocenters. The summed E-state index contributed by atoms with van der Waals surface area (Å²) in [5.74, 6) is -1.95. The molecule has 0 aliphatic carbocycles. The molecule has 3 N–H and O–H groups in total. The van der Waals surface area contributed by atoms with Gasteiger partial charge in [-0.25, -0.2) is 4.68 Å². The lowest BCUT2D eigenvalue weighted by molar-refractivity contribution is -0.137. The number of carbonyl (C=O) groups is 2. The summed E-state index contributed by atoms with van der Waals surface area (Å²) in [5.41, 5.74) is 0.965. The Morgan fingerprint density at radius 3 is 2.70 bits per heavy atom. The van der Waals surface area contributed by atoms with E-state index in [1.165, 1.54) is 12.3 Å². The van der Waals surface area contributed by atoms with Crippen molar-refractivity contribution < 1.29 is 19.8 Å². The van der Waals surface area contributed by atoms with Gasteiger partial charge in [0.1, 0.15) is 0 Å². The smallest absolute Gasteiger partial charge is 0.305 e. The number of carboxylic acids is 1. The van der Waals surface area contributed by atoms with E-state index in [0.29, 0.717) is 16.3 Å². The molecular weight excluding hydrogens is 372 g/mol. The Morgan fingerprint density at radius 2 is 2.04 bits per heavy atom. The molecule has 0 bridgehead atoms. The van der Waals surface area contributed by atoms with Gasteiger partial charge in [-0.15, -0.1) is 0 Å². The van der Waals surface area contributed by atoms with Crippen molar-refractivity contribution in [2.24, 2.45) is 0 Å². The van der Waals surface area contributed by atoms with E-state index in [9.17, 15) is 14.7 Å². The number of nitrogens with zero attached hydrogens (tertiary/aromatic N) is 3. The first kappa shape index (κ1) is 18.4. The zero-order valence-electron chi connectivity index (χ0n) is 13.9. The molecule has 1 amide bonds. The fourth-order valence-corrected chi connectivity index (χ4v) is 2.71. The van der Waals surface area contributed by atoms with Crippen LogP contribution in [0.3, 0.4) is 0 Å². The second-order valence-electron chi connectivity index (χ2n) is 5.69. The molecule has 0 aliphatic heterocycles. The number of aromatic hydroxyl groups is 1. The van der Waals surface area contributed by atoms with Gasteiger partial charge in [-0.1, -0.05) is 23.7 Å². The second kappa shape index (κ2) is 7.88. The molecule has 2 heterocycles. The molecule has 1 atom stereocenters. The number of halogens is 1. The van der Waals surface area contributed by atoms with Gasteiger partial charge in [-0.3, -0.25) is 14.6 Å². The number of benzene rings is 1. The lowest BCUT2D eigenvalue weighted by atomic mass is 10.1. The largest absolute Gasteiger partial charge is 0.493 e. The van der Waals surface area contributed by atoms with E-state index in [-0.39, 0.29) is 18.0 Å². The molecule has 27 heavy (non-hydrogen) atoms. The van der Waals surface area contributed by atoms with Crippen LogP contribution in [0.15, 0.2) is 54.9 Å². The zero-order chi connectivity index (χ0) is 19.4. The first-order valence-electron chi connectivity index (χ1n) is 7.91. The van der Waals surface area contributed by atoms with Crippen molar-refractivity contribution in [2.45, 2.75) is 12.5 Å². The molecule has 9 heteroatoms. The Hall–Kier alpha value is -3.39. The lowest BCUT2D eigenvalue weighted by Gasteiger charge is -2.16. The number of hydrogen-bond donors (Lipinski definition) is 3. The standard InChI is InChI=1S/C18H15ClN4O4/c19-12-4-1-5-13(7-12)23-16(24)8-15(22-23)18(27)21-14(9-17(25)26)11-3-2-6-20-10-11/h1-8,10,14,24H,9H2,(H,21,27)(H,25,26)/t14-/m0/s1. The number of carbonyl (C=O) groups excluding carboxylic acids is 1. The summed E-state index contributed by atoms with van der Waals surface area (Å²) < 4.78 is 1.16. The maximum Gasteiger partial charge on any atom is 0.305 e. The highest BCUT2D eigenvalue weighted by molar-refractivity contribution is 6.30. The molecule has 3 aromatic rings. The summed E-state index contributed by atoms with van der Waals surface area (Å²) in [7, 11) is 0. The topological polar surface area (TPSA) is 117 Å².